The normalized spacial score (nSPS) is 16.5. The Bertz CT molecular complexity index is 820. The van der Waals surface area contributed by atoms with E-state index in [1.54, 1.807) is 36.4 Å². The van der Waals surface area contributed by atoms with Crippen LogP contribution in [0.2, 0.25) is 0 Å². The molecule has 2 aromatic rings. The molecule has 1 aromatic heterocycles. The summed E-state index contributed by atoms with van der Waals surface area (Å²) in [6.45, 7) is 5.43. The van der Waals surface area contributed by atoms with Crippen LogP contribution in [0, 0.1) is 5.92 Å². The predicted octanol–water partition coefficient (Wildman–Crippen LogP) is 4.32. The van der Waals surface area contributed by atoms with Crippen molar-refractivity contribution in [3.8, 4) is 0 Å². The highest BCUT2D eigenvalue weighted by Crippen LogP contribution is 2.33. The molecular weight excluding hydrogens is 381 g/mol. The van der Waals surface area contributed by atoms with Crippen molar-refractivity contribution in [1.82, 2.24) is 14.9 Å². The topological polar surface area (TPSA) is 49.3 Å². The Morgan fingerprint density at radius 3 is 2.45 bits per heavy atom. The molecule has 5 nitrogen and oxygen atoms in total. The van der Waals surface area contributed by atoms with Gasteiger partial charge in [-0.2, -0.15) is 13.2 Å². The molecule has 1 aromatic carbocycles. The lowest BCUT2D eigenvalue weighted by atomic mass is 9.94. The van der Waals surface area contributed by atoms with E-state index >= 15 is 0 Å². The minimum atomic E-state index is -4.40. The molecule has 0 bridgehead atoms. The van der Waals surface area contributed by atoms with Gasteiger partial charge >= 0.3 is 6.18 Å². The summed E-state index contributed by atoms with van der Waals surface area (Å²) in [6.07, 6.45) is 0.319. The van der Waals surface area contributed by atoms with Crippen molar-refractivity contribution in [3.05, 3.63) is 53.9 Å². The van der Waals surface area contributed by atoms with Gasteiger partial charge in [0.15, 0.2) is 0 Å². The average Bonchev–Trinajstić information content (AvgIpc) is 2.74. The third-order valence-corrected chi connectivity index (χ3v) is 5.47. The van der Waals surface area contributed by atoms with Crippen LogP contribution in [0.4, 0.5) is 19.1 Å². The minimum Gasteiger partial charge on any atom is -0.341 e. The Morgan fingerprint density at radius 2 is 1.86 bits per heavy atom. The molecule has 8 heteroatoms. The first-order valence-electron chi connectivity index (χ1n) is 9.81. The third kappa shape index (κ3) is 4.86. The quantitative estimate of drug-likeness (QED) is 0.742. The summed E-state index contributed by atoms with van der Waals surface area (Å²) in [5.74, 6) is 0.497. The minimum absolute atomic E-state index is 0.00829. The molecule has 1 aliphatic heterocycles. The number of piperidine rings is 1. The van der Waals surface area contributed by atoms with Crippen molar-refractivity contribution in [2.75, 3.05) is 24.5 Å². The summed E-state index contributed by atoms with van der Waals surface area (Å²) in [4.78, 5) is 25.3. The van der Waals surface area contributed by atoms with Crippen molar-refractivity contribution in [1.29, 1.82) is 0 Å². The maximum Gasteiger partial charge on any atom is 0.416 e. The SMILES string of the molecule is CCN(C(=O)C1CCN(c2ncccn2)CC1)C(C)c1cccc(C(F)(F)F)c1. The first-order chi connectivity index (χ1) is 13.8. The molecule has 0 radical (unpaired) electrons. The number of rotatable bonds is 5. The third-order valence-electron chi connectivity index (χ3n) is 5.47. The van der Waals surface area contributed by atoms with Gasteiger partial charge in [-0.05, 0) is 50.5 Å². The molecular formula is C21H25F3N4O. The number of hydrogen-bond donors (Lipinski definition) is 0. The fraction of sp³-hybridized carbons (Fsp3) is 0.476. The Morgan fingerprint density at radius 1 is 1.21 bits per heavy atom. The van der Waals surface area contributed by atoms with Crippen LogP contribution in [0.1, 0.15) is 43.9 Å². The smallest absolute Gasteiger partial charge is 0.341 e. The lowest BCUT2D eigenvalue weighted by molar-refractivity contribution is -0.138. The Hall–Kier alpha value is -2.64. The van der Waals surface area contributed by atoms with Crippen molar-refractivity contribution in [3.63, 3.8) is 0 Å². The van der Waals surface area contributed by atoms with E-state index in [1.165, 1.54) is 6.07 Å². The van der Waals surface area contributed by atoms with Gasteiger partial charge in [-0.15, -0.1) is 0 Å². The van der Waals surface area contributed by atoms with Gasteiger partial charge in [0.1, 0.15) is 0 Å². The molecule has 0 aliphatic carbocycles. The number of halogens is 3. The largest absolute Gasteiger partial charge is 0.416 e. The summed E-state index contributed by atoms with van der Waals surface area (Å²) < 4.78 is 39.1. The fourth-order valence-corrected chi connectivity index (χ4v) is 3.79. The van der Waals surface area contributed by atoms with Gasteiger partial charge in [-0.1, -0.05) is 12.1 Å². The molecule has 0 spiro atoms. The summed E-state index contributed by atoms with van der Waals surface area (Å²) in [5.41, 5.74) is -0.202. The van der Waals surface area contributed by atoms with E-state index in [1.807, 2.05) is 6.92 Å². The van der Waals surface area contributed by atoms with E-state index in [4.69, 9.17) is 0 Å². The number of benzene rings is 1. The summed E-state index contributed by atoms with van der Waals surface area (Å²) in [7, 11) is 0. The number of alkyl halides is 3. The van der Waals surface area contributed by atoms with Crippen molar-refractivity contribution < 1.29 is 18.0 Å². The Labute approximate surface area is 168 Å². The van der Waals surface area contributed by atoms with Gasteiger partial charge in [0.25, 0.3) is 0 Å². The first kappa shape index (κ1) is 21.1. The van der Waals surface area contributed by atoms with Crippen LogP contribution in [-0.4, -0.2) is 40.4 Å². The Kier molecular flexibility index (Phi) is 6.39. The van der Waals surface area contributed by atoms with Crippen LogP contribution in [0.25, 0.3) is 0 Å². The fourth-order valence-electron chi connectivity index (χ4n) is 3.79. The summed E-state index contributed by atoms with van der Waals surface area (Å²) >= 11 is 0. The van der Waals surface area contributed by atoms with Gasteiger partial charge in [0.2, 0.25) is 11.9 Å². The second kappa shape index (κ2) is 8.80. The van der Waals surface area contributed by atoms with Crippen LogP contribution in [-0.2, 0) is 11.0 Å². The van der Waals surface area contributed by atoms with E-state index < -0.39 is 17.8 Å². The highest BCUT2D eigenvalue weighted by Gasteiger charge is 2.33. The number of carbonyl (C=O) groups is 1. The molecule has 0 saturated carbocycles. The van der Waals surface area contributed by atoms with Gasteiger partial charge in [-0.25, -0.2) is 9.97 Å². The number of anilines is 1. The van der Waals surface area contributed by atoms with Crippen molar-refractivity contribution >= 4 is 11.9 Å². The molecule has 1 unspecified atom stereocenters. The standard InChI is InChI=1S/C21H25F3N4O/c1-3-28(15(2)17-6-4-7-18(14-17)21(22,23)24)19(29)16-8-12-27(13-9-16)20-25-10-5-11-26-20/h4-7,10-11,14-16H,3,8-9,12-13H2,1-2H3. The van der Waals surface area contributed by atoms with E-state index in [2.05, 4.69) is 14.9 Å². The maximum atomic E-state index is 13.1. The van der Waals surface area contributed by atoms with Gasteiger partial charge in [0, 0.05) is 37.9 Å². The molecule has 2 heterocycles. The predicted molar refractivity (Wildman–Crippen MR) is 104 cm³/mol. The first-order valence-corrected chi connectivity index (χ1v) is 9.81. The van der Waals surface area contributed by atoms with Crippen LogP contribution < -0.4 is 4.90 Å². The molecule has 1 saturated heterocycles. The molecule has 29 heavy (non-hydrogen) atoms. The van der Waals surface area contributed by atoms with Gasteiger partial charge in [0.05, 0.1) is 11.6 Å². The van der Waals surface area contributed by atoms with E-state index in [0.717, 1.165) is 12.1 Å². The second-order valence-electron chi connectivity index (χ2n) is 7.23. The second-order valence-corrected chi connectivity index (χ2v) is 7.23. The highest BCUT2D eigenvalue weighted by molar-refractivity contribution is 5.79. The Balaban J connectivity index is 1.68. The van der Waals surface area contributed by atoms with Crippen LogP contribution in [0.15, 0.2) is 42.7 Å². The van der Waals surface area contributed by atoms with Crippen LogP contribution in [0.3, 0.4) is 0 Å². The van der Waals surface area contributed by atoms with Crippen LogP contribution in [0.5, 0.6) is 0 Å². The zero-order chi connectivity index (χ0) is 21.0. The molecule has 3 rings (SSSR count). The van der Waals surface area contributed by atoms with E-state index in [-0.39, 0.29) is 11.8 Å². The van der Waals surface area contributed by atoms with Crippen LogP contribution >= 0.6 is 0 Å². The van der Waals surface area contributed by atoms with Gasteiger partial charge < -0.3 is 9.80 Å². The lowest BCUT2D eigenvalue weighted by Gasteiger charge is -2.36. The molecule has 156 valence electrons. The highest BCUT2D eigenvalue weighted by atomic mass is 19.4. The number of aromatic nitrogens is 2. The average molecular weight is 406 g/mol. The summed E-state index contributed by atoms with van der Waals surface area (Å²) in [6, 6.07) is 6.56. The number of carbonyl (C=O) groups excluding carboxylic acids is 1. The number of nitrogens with zero attached hydrogens (tertiary/aromatic N) is 4. The zero-order valence-corrected chi connectivity index (χ0v) is 16.6. The zero-order valence-electron chi connectivity index (χ0n) is 16.6. The molecule has 1 amide bonds. The number of hydrogen-bond acceptors (Lipinski definition) is 4. The van der Waals surface area contributed by atoms with Gasteiger partial charge in [-0.3, -0.25) is 4.79 Å². The van der Waals surface area contributed by atoms with E-state index in [0.29, 0.717) is 44.0 Å². The molecule has 0 N–H and O–H groups in total. The maximum absolute atomic E-state index is 13.1. The molecule has 1 aliphatic rings. The lowest BCUT2D eigenvalue weighted by Crippen LogP contribution is -2.43. The van der Waals surface area contributed by atoms with Crippen molar-refractivity contribution in [2.24, 2.45) is 5.92 Å². The molecule has 1 atom stereocenters. The number of amides is 1. The van der Waals surface area contributed by atoms with E-state index in [9.17, 15) is 18.0 Å². The monoisotopic (exact) mass is 406 g/mol. The molecule has 1 fully saturated rings. The summed E-state index contributed by atoms with van der Waals surface area (Å²) in [5, 5.41) is 0. The van der Waals surface area contributed by atoms with Crippen molar-refractivity contribution in [2.45, 2.75) is 38.9 Å².